The van der Waals surface area contributed by atoms with Crippen molar-refractivity contribution >= 4 is 16.5 Å². The van der Waals surface area contributed by atoms with Crippen LogP contribution in [0.5, 0.6) is 0 Å². The van der Waals surface area contributed by atoms with E-state index >= 15 is 0 Å². The van der Waals surface area contributed by atoms with E-state index in [0.717, 1.165) is 36.0 Å². The monoisotopic (exact) mass is 297 g/mol. The van der Waals surface area contributed by atoms with E-state index in [-0.39, 0.29) is 0 Å². The van der Waals surface area contributed by atoms with E-state index in [4.69, 9.17) is 4.74 Å². The van der Waals surface area contributed by atoms with Crippen molar-refractivity contribution in [2.45, 2.75) is 66.1 Å². The minimum Gasteiger partial charge on any atom is -0.374 e. The predicted molar refractivity (Wildman–Crippen MR) is 84.1 cm³/mol. The molecule has 2 unspecified atom stereocenters. The maximum atomic E-state index is 6.12. The van der Waals surface area contributed by atoms with Gasteiger partial charge in [0, 0.05) is 18.1 Å². The summed E-state index contributed by atoms with van der Waals surface area (Å²) < 4.78 is 10.1. The Kier molecular flexibility index (Phi) is 5.38. The molecule has 1 saturated carbocycles. The summed E-state index contributed by atoms with van der Waals surface area (Å²) in [6.45, 7) is 10.7. The lowest BCUT2D eigenvalue weighted by Gasteiger charge is -2.38. The second-order valence-corrected chi connectivity index (χ2v) is 7.58. The molecule has 20 heavy (non-hydrogen) atoms. The Hall–Kier alpha value is -0.680. The van der Waals surface area contributed by atoms with Crippen molar-refractivity contribution in [3.63, 3.8) is 0 Å². The van der Waals surface area contributed by atoms with Gasteiger partial charge in [-0.05, 0) is 37.0 Å². The Morgan fingerprint density at radius 2 is 2.20 bits per heavy atom. The normalized spacial score (nSPS) is 25.6. The molecule has 114 valence electrons. The molecule has 1 N–H and O–H groups in total. The Morgan fingerprint density at radius 1 is 1.40 bits per heavy atom. The smallest absolute Gasteiger partial charge is 0.135 e. The van der Waals surface area contributed by atoms with Crippen LogP contribution >= 0.6 is 11.5 Å². The van der Waals surface area contributed by atoms with Crippen LogP contribution in [0.25, 0.3) is 0 Å². The first-order chi connectivity index (χ1) is 9.50. The van der Waals surface area contributed by atoms with Crippen LogP contribution in [0.15, 0.2) is 0 Å². The molecule has 1 aliphatic rings. The van der Waals surface area contributed by atoms with Crippen molar-refractivity contribution in [3.05, 3.63) is 5.69 Å². The van der Waals surface area contributed by atoms with Crippen molar-refractivity contribution in [1.29, 1.82) is 0 Å². The van der Waals surface area contributed by atoms with E-state index in [1.807, 2.05) is 0 Å². The third kappa shape index (κ3) is 4.42. The molecule has 1 aliphatic carbocycles. The Labute approximate surface area is 126 Å². The fourth-order valence-electron chi connectivity index (χ4n) is 3.26. The molecule has 1 aromatic heterocycles. The summed E-state index contributed by atoms with van der Waals surface area (Å²) in [7, 11) is 0. The summed E-state index contributed by atoms with van der Waals surface area (Å²) in [6, 6.07) is 0. The molecule has 0 amide bonds. The molecule has 4 nitrogen and oxygen atoms in total. The summed E-state index contributed by atoms with van der Waals surface area (Å²) in [6.07, 6.45) is 5.07. The first-order valence-electron chi connectivity index (χ1n) is 7.67. The van der Waals surface area contributed by atoms with Crippen LogP contribution in [0.3, 0.4) is 0 Å². The predicted octanol–water partition coefficient (Wildman–Crippen LogP) is 4.09. The number of rotatable bonds is 6. The third-order valence-electron chi connectivity index (χ3n) is 3.89. The number of nitrogens with one attached hydrogen (secondary N) is 1. The van der Waals surface area contributed by atoms with Gasteiger partial charge in [-0.15, -0.1) is 5.10 Å². The van der Waals surface area contributed by atoms with Gasteiger partial charge in [-0.3, -0.25) is 0 Å². The van der Waals surface area contributed by atoms with E-state index in [2.05, 4.69) is 42.6 Å². The van der Waals surface area contributed by atoms with E-state index < -0.39 is 0 Å². The minimum atomic E-state index is 0.356. The molecule has 0 bridgehead atoms. The number of anilines is 1. The van der Waals surface area contributed by atoms with Crippen LogP contribution in [0, 0.1) is 11.3 Å². The maximum Gasteiger partial charge on any atom is 0.135 e. The van der Waals surface area contributed by atoms with Crippen LogP contribution in [-0.4, -0.2) is 22.2 Å². The van der Waals surface area contributed by atoms with Gasteiger partial charge in [0.1, 0.15) is 10.7 Å². The maximum absolute atomic E-state index is 6.12. The van der Waals surface area contributed by atoms with Gasteiger partial charge in [-0.1, -0.05) is 32.2 Å². The van der Waals surface area contributed by atoms with Crippen molar-refractivity contribution in [3.8, 4) is 0 Å². The van der Waals surface area contributed by atoms with Gasteiger partial charge in [0.05, 0.1) is 12.7 Å². The fraction of sp³-hybridized carbons (Fsp3) is 0.867. The highest BCUT2D eigenvalue weighted by Gasteiger charge is 2.32. The van der Waals surface area contributed by atoms with E-state index in [1.165, 1.54) is 24.4 Å². The van der Waals surface area contributed by atoms with Crippen molar-refractivity contribution < 1.29 is 4.74 Å². The zero-order valence-corrected chi connectivity index (χ0v) is 13.9. The highest BCUT2D eigenvalue weighted by atomic mass is 32.1. The highest BCUT2D eigenvalue weighted by Crippen LogP contribution is 2.40. The Balaban J connectivity index is 1.87. The molecular weight excluding hydrogens is 270 g/mol. The number of aromatic nitrogens is 2. The summed E-state index contributed by atoms with van der Waals surface area (Å²) in [5.41, 5.74) is 1.35. The van der Waals surface area contributed by atoms with Crippen LogP contribution in [0.2, 0.25) is 0 Å². The SMILES string of the molecule is CCCNc1snnc1COC1CC(C)CC(C)(C)C1. The largest absolute Gasteiger partial charge is 0.374 e. The standard InChI is InChI=1S/C15H27N3OS/c1-5-6-16-14-13(17-18-20-14)10-19-12-7-11(2)8-15(3,4)9-12/h11-12,16H,5-10H2,1-4H3. The third-order valence-corrected chi connectivity index (χ3v) is 4.62. The number of ether oxygens (including phenoxy) is 1. The molecule has 2 atom stereocenters. The lowest BCUT2D eigenvalue weighted by Crippen LogP contribution is -2.32. The van der Waals surface area contributed by atoms with Gasteiger partial charge in [-0.2, -0.15) is 0 Å². The second kappa shape index (κ2) is 6.85. The first kappa shape index (κ1) is 15.7. The van der Waals surface area contributed by atoms with E-state index in [1.54, 1.807) is 0 Å². The molecule has 1 heterocycles. The summed E-state index contributed by atoms with van der Waals surface area (Å²) in [5, 5.41) is 8.62. The lowest BCUT2D eigenvalue weighted by molar-refractivity contribution is -0.0325. The van der Waals surface area contributed by atoms with E-state index in [0.29, 0.717) is 18.1 Å². The fourth-order valence-corrected chi connectivity index (χ4v) is 3.85. The van der Waals surface area contributed by atoms with Gasteiger partial charge in [-0.25, -0.2) is 0 Å². The number of hydrogen-bond acceptors (Lipinski definition) is 5. The van der Waals surface area contributed by atoms with Gasteiger partial charge in [0.2, 0.25) is 0 Å². The van der Waals surface area contributed by atoms with Crippen LogP contribution in [0.4, 0.5) is 5.00 Å². The molecule has 0 aliphatic heterocycles. The summed E-state index contributed by atoms with van der Waals surface area (Å²) >= 11 is 1.42. The van der Waals surface area contributed by atoms with Crippen molar-refractivity contribution in [2.75, 3.05) is 11.9 Å². The zero-order valence-electron chi connectivity index (χ0n) is 13.1. The average molecular weight is 297 g/mol. The number of nitrogens with zero attached hydrogens (tertiary/aromatic N) is 2. The van der Waals surface area contributed by atoms with Crippen LogP contribution in [-0.2, 0) is 11.3 Å². The first-order valence-corrected chi connectivity index (χ1v) is 8.44. The zero-order chi connectivity index (χ0) is 14.6. The molecule has 1 fully saturated rings. The quantitative estimate of drug-likeness (QED) is 0.859. The van der Waals surface area contributed by atoms with Crippen molar-refractivity contribution in [2.24, 2.45) is 11.3 Å². The van der Waals surface area contributed by atoms with Gasteiger partial charge in [0.25, 0.3) is 0 Å². The minimum absolute atomic E-state index is 0.356. The number of hydrogen-bond donors (Lipinski definition) is 1. The van der Waals surface area contributed by atoms with E-state index in [9.17, 15) is 0 Å². The molecule has 5 heteroatoms. The highest BCUT2D eigenvalue weighted by molar-refractivity contribution is 7.10. The Morgan fingerprint density at radius 3 is 2.90 bits per heavy atom. The Bertz CT molecular complexity index is 419. The van der Waals surface area contributed by atoms with Crippen LogP contribution in [0.1, 0.15) is 59.1 Å². The molecule has 1 aromatic rings. The van der Waals surface area contributed by atoms with Crippen LogP contribution < -0.4 is 5.32 Å². The van der Waals surface area contributed by atoms with Crippen molar-refractivity contribution in [1.82, 2.24) is 9.59 Å². The molecule has 0 radical (unpaired) electrons. The summed E-state index contributed by atoms with van der Waals surface area (Å²) in [4.78, 5) is 0. The molecule has 0 spiro atoms. The summed E-state index contributed by atoms with van der Waals surface area (Å²) in [5.74, 6) is 0.745. The van der Waals surface area contributed by atoms with Gasteiger partial charge in [0.15, 0.2) is 0 Å². The van der Waals surface area contributed by atoms with Gasteiger partial charge >= 0.3 is 0 Å². The molecule has 2 rings (SSSR count). The second-order valence-electron chi connectivity index (χ2n) is 6.82. The topological polar surface area (TPSA) is 47.0 Å². The lowest BCUT2D eigenvalue weighted by atomic mass is 9.71. The molecular formula is C15H27N3OS. The average Bonchev–Trinajstić information content (AvgIpc) is 2.79. The van der Waals surface area contributed by atoms with Gasteiger partial charge < -0.3 is 10.1 Å². The molecule has 0 aromatic carbocycles. The molecule has 0 saturated heterocycles.